The zero-order valence-corrected chi connectivity index (χ0v) is 20.1. The summed E-state index contributed by atoms with van der Waals surface area (Å²) < 4.78 is 20.9. The van der Waals surface area contributed by atoms with Gasteiger partial charge in [0.05, 0.1) is 24.2 Å². The minimum absolute atomic E-state index is 0.0474. The molecule has 34 heavy (non-hydrogen) atoms. The molecule has 0 unspecified atom stereocenters. The van der Waals surface area contributed by atoms with E-state index < -0.39 is 6.17 Å². The topological polar surface area (TPSA) is 58.5 Å². The van der Waals surface area contributed by atoms with E-state index in [4.69, 9.17) is 16.3 Å². The molecule has 4 rings (SSSR count). The normalized spacial score (nSPS) is 16.6. The predicted molar refractivity (Wildman–Crippen MR) is 133 cm³/mol. The molecule has 0 saturated carbocycles. The molecule has 3 heterocycles. The van der Waals surface area contributed by atoms with Crippen LogP contribution >= 0.6 is 11.6 Å². The summed E-state index contributed by atoms with van der Waals surface area (Å²) in [5.41, 5.74) is 1.60. The fourth-order valence-electron chi connectivity index (χ4n) is 4.54. The third-order valence-corrected chi connectivity index (χ3v) is 7.05. The van der Waals surface area contributed by atoms with Gasteiger partial charge in [-0.3, -0.25) is 9.88 Å². The number of halogens is 2. The Balaban J connectivity index is 1.38. The second kappa shape index (κ2) is 11.1. The quantitative estimate of drug-likeness (QED) is 0.469. The van der Waals surface area contributed by atoms with Crippen LogP contribution in [0, 0.1) is 17.3 Å². The number of rotatable bonds is 7. The summed E-state index contributed by atoms with van der Waals surface area (Å²) in [5.74, 6) is 6.90. The zero-order valence-electron chi connectivity index (χ0n) is 19.3. The summed E-state index contributed by atoms with van der Waals surface area (Å²) in [6, 6.07) is 11.1. The van der Waals surface area contributed by atoms with Gasteiger partial charge in [0.25, 0.3) is 0 Å². The molecule has 1 saturated heterocycles. The van der Waals surface area contributed by atoms with Gasteiger partial charge < -0.3 is 9.84 Å². The van der Waals surface area contributed by atoms with Crippen LogP contribution in [0.1, 0.15) is 43.1 Å². The van der Waals surface area contributed by atoms with Crippen LogP contribution in [0.2, 0.25) is 5.02 Å². The highest BCUT2D eigenvalue weighted by Crippen LogP contribution is 2.41. The summed E-state index contributed by atoms with van der Waals surface area (Å²) in [7, 11) is 1.58. The van der Waals surface area contributed by atoms with Crippen molar-refractivity contribution in [3.63, 3.8) is 0 Å². The van der Waals surface area contributed by atoms with Gasteiger partial charge in [-0.2, -0.15) is 0 Å². The summed E-state index contributed by atoms with van der Waals surface area (Å²) in [6.45, 7) is 2.35. The number of pyridine rings is 2. The average Bonchev–Trinajstić information content (AvgIpc) is 2.88. The fourth-order valence-corrected chi connectivity index (χ4v) is 4.81. The minimum atomic E-state index is -1.25. The number of ether oxygens (including phenoxy) is 1. The van der Waals surface area contributed by atoms with Crippen LogP contribution < -0.4 is 4.74 Å². The van der Waals surface area contributed by atoms with Crippen molar-refractivity contribution in [2.45, 2.75) is 31.9 Å². The molecule has 3 aromatic rings. The van der Waals surface area contributed by atoms with E-state index in [1.54, 1.807) is 25.4 Å². The van der Waals surface area contributed by atoms with Crippen LogP contribution in [0.25, 0.3) is 10.9 Å². The Morgan fingerprint density at radius 2 is 2.06 bits per heavy atom. The Bertz CT molecular complexity index is 1170. The van der Waals surface area contributed by atoms with Crippen molar-refractivity contribution >= 4 is 22.5 Å². The Morgan fingerprint density at radius 3 is 2.76 bits per heavy atom. The maximum atomic E-state index is 15.6. The Hall–Kier alpha value is -2.72. The molecule has 0 radical (unpaired) electrons. The molecule has 178 valence electrons. The number of piperidine rings is 1. The molecule has 5 nitrogen and oxygen atoms in total. The second-order valence-corrected chi connectivity index (χ2v) is 9.27. The Morgan fingerprint density at radius 1 is 1.24 bits per heavy atom. The number of nitrogens with zero attached hydrogens (tertiary/aromatic N) is 3. The predicted octanol–water partition coefficient (Wildman–Crippen LogP) is 5.21. The van der Waals surface area contributed by atoms with E-state index in [-0.39, 0.29) is 18.4 Å². The van der Waals surface area contributed by atoms with Gasteiger partial charge in [-0.1, -0.05) is 23.6 Å². The lowest BCUT2D eigenvalue weighted by atomic mass is 9.74. The lowest BCUT2D eigenvalue weighted by Crippen LogP contribution is -2.42. The first kappa shape index (κ1) is 24.4. The number of methoxy groups -OCH3 is 1. The number of benzene rings is 1. The van der Waals surface area contributed by atoms with Crippen molar-refractivity contribution in [1.82, 2.24) is 14.9 Å². The molecule has 1 aliphatic rings. The van der Waals surface area contributed by atoms with Crippen LogP contribution in [0.5, 0.6) is 5.75 Å². The van der Waals surface area contributed by atoms with Gasteiger partial charge in [-0.05, 0) is 80.4 Å². The van der Waals surface area contributed by atoms with E-state index in [9.17, 15) is 5.11 Å². The first-order valence-electron chi connectivity index (χ1n) is 11.5. The van der Waals surface area contributed by atoms with E-state index in [0.29, 0.717) is 40.2 Å². The van der Waals surface area contributed by atoms with Gasteiger partial charge in [0.1, 0.15) is 17.6 Å². The minimum Gasteiger partial charge on any atom is -0.497 e. The maximum Gasteiger partial charge on any atom is 0.127 e. The zero-order chi connectivity index (χ0) is 24.0. The smallest absolute Gasteiger partial charge is 0.127 e. The third kappa shape index (κ3) is 5.67. The van der Waals surface area contributed by atoms with Crippen LogP contribution in [0.4, 0.5) is 4.39 Å². The van der Waals surface area contributed by atoms with Crippen molar-refractivity contribution in [3.8, 4) is 17.6 Å². The average molecular weight is 482 g/mol. The number of fused-ring (bicyclic) bond motifs is 1. The largest absolute Gasteiger partial charge is 0.497 e. The van der Waals surface area contributed by atoms with Crippen LogP contribution in [0.15, 0.2) is 48.8 Å². The van der Waals surface area contributed by atoms with Crippen LogP contribution in [0.3, 0.4) is 0 Å². The molecular formula is C27H29ClFN3O2. The van der Waals surface area contributed by atoms with Crippen molar-refractivity contribution < 1.29 is 14.2 Å². The Labute approximate surface area is 204 Å². The first-order valence-corrected chi connectivity index (χ1v) is 11.9. The van der Waals surface area contributed by atoms with E-state index in [0.717, 1.165) is 31.6 Å². The molecule has 1 aliphatic heterocycles. The molecule has 7 heteroatoms. The van der Waals surface area contributed by atoms with E-state index in [2.05, 4.69) is 26.7 Å². The summed E-state index contributed by atoms with van der Waals surface area (Å²) in [6.07, 6.45) is 4.47. The van der Waals surface area contributed by atoms with Crippen molar-refractivity contribution in [2.24, 2.45) is 5.41 Å². The number of likely N-dealkylation sites (tertiary alicyclic amines) is 1. The van der Waals surface area contributed by atoms with Gasteiger partial charge in [0.15, 0.2) is 0 Å². The van der Waals surface area contributed by atoms with Crippen LogP contribution in [-0.2, 0) is 0 Å². The van der Waals surface area contributed by atoms with Gasteiger partial charge in [-0.25, -0.2) is 9.37 Å². The highest BCUT2D eigenvalue weighted by atomic mass is 35.5. The van der Waals surface area contributed by atoms with Gasteiger partial charge >= 0.3 is 0 Å². The third-order valence-electron chi connectivity index (χ3n) is 6.75. The van der Waals surface area contributed by atoms with Gasteiger partial charge in [0.2, 0.25) is 0 Å². The molecule has 0 amide bonds. The molecule has 0 spiro atoms. The second-order valence-electron chi connectivity index (χ2n) is 8.86. The van der Waals surface area contributed by atoms with Crippen LogP contribution in [-0.4, -0.2) is 53.3 Å². The SMILES string of the molecule is COc1ccc2ncc(Cl)c([C@H](F)CCC3(CO)CCN(CC#Cc4ccccn4)CC3)c2c1. The standard InChI is InChI=1S/C27H29ClFN3O2/c1-34-21-7-8-25-22(17-21)26(23(28)18-31-25)24(29)9-10-27(19-33)11-15-32(16-12-27)14-4-6-20-5-2-3-13-30-20/h2-3,5,7-8,13,17-18,24,33H,9-12,14-16,19H2,1H3/t24-/m1/s1. The number of hydrogen-bond acceptors (Lipinski definition) is 5. The highest BCUT2D eigenvalue weighted by molar-refractivity contribution is 6.32. The lowest BCUT2D eigenvalue weighted by Gasteiger charge is -2.40. The number of aliphatic hydroxyl groups excluding tert-OH is 1. The molecule has 1 N–H and O–H groups in total. The summed E-state index contributed by atoms with van der Waals surface area (Å²) in [5, 5.41) is 11.2. The molecule has 0 bridgehead atoms. The molecule has 1 fully saturated rings. The maximum absolute atomic E-state index is 15.6. The first-order chi connectivity index (χ1) is 16.5. The number of hydrogen-bond donors (Lipinski definition) is 1. The van der Waals surface area contributed by atoms with Crippen molar-refractivity contribution in [2.75, 3.05) is 33.4 Å². The van der Waals surface area contributed by atoms with E-state index >= 15 is 4.39 Å². The van der Waals surface area contributed by atoms with Gasteiger partial charge in [0, 0.05) is 30.0 Å². The van der Waals surface area contributed by atoms with Crippen molar-refractivity contribution in [1.29, 1.82) is 0 Å². The monoisotopic (exact) mass is 481 g/mol. The number of aromatic nitrogens is 2. The number of alkyl halides is 1. The van der Waals surface area contributed by atoms with Crippen molar-refractivity contribution in [3.05, 3.63) is 65.1 Å². The Kier molecular flexibility index (Phi) is 7.99. The summed E-state index contributed by atoms with van der Waals surface area (Å²) >= 11 is 6.38. The lowest BCUT2D eigenvalue weighted by molar-refractivity contribution is 0.0344. The number of aliphatic hydroxyl groups is 1. The van der Waals surface area contributed by atoms with Gasteiger partial charge in [-0.15, -0.1) is 0 Å². The molecule has 1 aromatic carbocycles. The van der Waals surface area contributed by atoms with E-state index in [1.807, 2.05) is 24.3 Å². The molecule has 2 aromatic heterocycles. The highest BCUT2D eigenvalue weighted by Gasteiger charge is 2.35. The molecule has 0 aliphatic carbocycles. The molecular weight excluding hydrogens is 453 g/mol. The fraction of sp³-hybridized carbons (Fsp3) is 0.407. The molecule has 1 atom stereocenters. The van der Waals surface area contributed by atoms with E-state index in [1.165, 1.54) is 6.20 Å². The summed E-state index contributed by atoms with van der Waals surface area (Å²) in [4.78, 5) is 10.8.